The number of aliphatic carboxylic acids is 1. The largest absolute Gasteiger partial charge is 0.477 e. The van der Waals surface area contributed by atoms with Crippen molar-refractivity contribution < 1.29 is 19.5 Å². The van der Waals surface area contributed by atoms with Gasteiger partial charge in [-0.3, -0.25) is 14.5 Å². The van der Waals surface area contributed by atoms with E-state index >= 15 is 0 Å². The highest BCUT2D eigenvalue weighted by molar-refractivity contribution is 8.18. The summed E-state index contributed by atoms with van der Waals surface area (Å²) in [5.74, 6) is -2.70. The average molecular weight is 563 g/mol. The van der Waals surface area contributed by atoms with Crippen LogP contribution in [0.1, 0.15) is 24.6 Å². The molecule has 0 radical (unpaired) electrons. The number of nitrogens with two attached hydrogens (primary N) is 2. The maximum Gasteiger partial charge on any atom is 0.353 e. The molecule has 0 spiro atoms. The molecule has 1 saturated heterocycles. The minimum Gasteiger partial charge on any atom is -0.477 e. The Morgan fingerprint density at radius 2 is 2.06 bits per heavy atom. The van der Waals surface area contributed by atoms with E-state index in [0.717, 1.165) is 11.3 Å². The van der Waals surface area contributed by atoms with Crippen LogP contribution >= 0.6 is 57.8 Å². The number of nitroso groups, excluding NO2 is 1. The van der Waals surface area contributed by atoms with Gasteiger partial charge in [-0.25, -0.2) is 9.78 Å². The number of carboxylic acids is 1. The number of nitrogens with one attached hydrogen (secondary N) is 1. The van der Waals surface area contributed by atoms with Crippen LogP contribution in [0.15, 0.2) is 20.1 Å². The number of thiazole rings is 1. The minimum absolute atomic E-state index is 0.0447. The van der Waals surface area contributed by atoms with Crippen molar-refractivity contribution in [1.82, 2.24) is 25.4 Å². The predicted octanol–water partition coefficient (Wildman–Crippen LogP) is 1.89. The first-order valence-electron chi connectivity index (χ1n) is 9.39. The summed E-state index contributed by atoms with van der Waals surface area (Å²) in [6.45, 7) is 0. The molecule has 0 bridgehead atoms. The van der Waals surface area contributed by atoms with Crippen molar-refractivity contribution in [2.45, 2.75) is 35.3 Å². The van der Waals surface area contributed by atoms with Gasteiger partial charge >= 0.3 is 5.97 Å². The number of nitrogen functional groups attached to an aromatic ring is 2. The second-order valence-corrected chi connectivity index (χ2v) is 12.2. The van der Waals surface area contributed by atoms with E-state index in [1.54, 1.807) is 0 Å². The lowest BCUT2D eigenvalue weighted by Crippen LogP contribution is -2.71. The summed E-state index contributed by atoms with van der Waals surface area (Å²) in [5.41, 5.74) is 10.9. The van der Waals surface area contributed by atoms with E-state index in [4.69, 9.17) is 23.1 Å². The SMILES string of the molecule is Nc1nnc(SCSC2=C(C(=O)O)N3C(=O)C(NC(=O)C(N=O)c4nc(N)sc4Cl)C3CC2)s1. The van der Waals surface area contributed by atoms with Crippen LogP contribution < -0.4 is 16.8 Å². The molecular formula is C16H15ClN8O5S4. The first kappa shape index (κ1) is 24.6. The molecule has 0 aliphatic carbocycles. The molecule has 0 aromatic carbocycles. The van der Waals surface area contributed by atoms with Crippen LogP contribution in [-0.2, 0) is 14.4 Å². The molecule has 3 unspecified atom stereocenters. The molecule has 180 valence electrons. The third-order valence-corrected chi connectivity index (χ3v) is 9.25. The highest BCUT2D eigenvalue weighted by Crippen LogP contribution is 2.42. The Morgan fingerprint density at radius 3 is 2.65 bits per heavy atom. The summed E-state index contributed by atoms with van der Waals surface area (Å²) < 4.78 is 0.697. The van der Waals surface area contributed by atoms with Crippen molar-refractivity contribution in [2.75, 3.05) is 16.6 Å². The Bertz CT molecular complexity index is 1200. The third-order valence-electron chi connectivity index (χ3n) is 4.97. The number of allylic oxidation sites excluding steroid dienone is 1. The van der Waals surface area contributed by atoms with Gasteiger partial charge in [0.05, 0.1) is 11.1 Å². The molecule has 13 nitrogen and oxygen atoms in total. The summed E-state index contributed by atoms with van der Waals surface area (Å²) >= 11 is 10.7. The van der Waals surface area contributed by atoms with Gasteiger partial charge in [-0.1, -0.05) is 46.0 Å². The first-order chi connectivity index (χ1) is 16.2. The van der Waals surface area contributed by atoms with E-state index < -0.39 is 35.9 Å². The molecule has 4 heterocycles. The average Bonchev–Trinajstić information content (AvgIpc) is 3.35. The topological polar surface area (TPSA) is 207 Å². The lowest BCUT2D eigenvalue weighted by atomic mass is 9.86. The second kappa shape index (κ2) is 10.0. The molecule has 2 aliphatic heterocycles. The van der Waals surface area contributed by atoms with E-state index in [-0.39, 0.29) is 20.9 Å². The van der Waals surface area contributed by atoms with Crippen molar-refractivity contribution in [3.8, 4) is 0 Å². The Hall–Kier alpha value is -2.47. The molecule has 0 saturated carbocycles. The molecule has 2 amide bonds. The van der Waals surface area contributed by atoms with Crippen LogP contribution in [0.25, 0.3) is 0 Å². The lowest BCUT2D eigenvalue weighted by molar-refractivity contribution is -0.156. The molecule has 2 aliphatic rings. The fourth-order valence-electron chi connectivity index (χ4n) is 3.55. The molecule has 2 aromatic rings. The summed E-state index contributed by atoms with van der Waals surface area (Å²) in [6.07, 6.45) is 0.825. The number of amides is 2. The molecule has 1 fully saturated rings. The number of carbonyl (C=O) groups is 3. The van der Waals surface area contributed by atoms with Crippen LogP contribution in [0.3, 0.4) is 0 Å². The number of carboxylic acid groups (broad SMARTS) is 1. The standard InChI is InChI=1S/C16H15ClN8O5S4/c17-10-7(21-14(18)33-10)8(24-30)11(26)20-6-4-1-2-5(9(13(28)29)25(4)12(6)27)31-3-32-16-23-22-15(19)34-16/h4,6,8H,1-3H2,(H2,18,21)(H2,19,22)(H,20,26)(H,28,29). The highest BCUT2D eigenvalue weighted by atomic mass is 35.5. The maximum atomic E-state index is 12.8. The van der Waals surface area contributed by atoms with E-state index in [0.29, 0.717) is 32.3 Å². The number of nitrogens with zero attached hydrogens (tertiary/aromatic N) is 5. The zero-order valence-corrected chi connectivity index (χ0v) is 20.9. The van der Waals surface area contributed by atoms with Gasteiger partial charge < -0.3 is 21.9 Å². The fraction of sp³-hybridized carbons (Fsp3) is 0.375. The van der Waals surface area contributed by atoms with Crippen LogP contribution in [0.2, 0.25) is 4.34 Å². The van der Waals surface area contributed by atoms with Gasteiger partial charge in [0.1, 0.15) is 21.8 Å². The van der Waals surface area contributed by atoms with Crippen molar-refractivity contribution >= 4 is 85.8 Å². The van der Waals surface area contributed by atoms with Gasteiger partial charge in [-0.05, 0) is 18.0 Å². The molecule has 2 aromatic heterocycles. The molecule has 6 N–H and O–H groups in total. The quantitative estimate of drug-likeness (QED) is 0.149. The van der Waals surface area contributed by atoms with Gasteiger partial charge in [-0.2, -0.15) is 0 Å². The van der Waals surface area contributed by atoms with Gasteiger partial charge in [0.15, 0.2) is 9.47 Å². The number of anilines is 2. The predicted molar refractivity (Wildman–Crippen MR) is 129 cm³/mol. The van der Waals surface area contributed by atoms with E-state index in [9.17, 15) is 24.4 Å². The number of hydrogen-bond acceptors (Lipinski definition) is 14. The van der Waals surface area contributed by atoms with Crippen molar-refractivity contribution in [2.24, 2.45) is 5.18 Å². The molecule has 34 heavy (non-hydrogen) atoms. The monoisotopic (exact) mass is 562 g/mol. The Morgan fingerprint density at radius 1 is 1.29 bits per heavy atom. The number of halogens is 1. The zero-order valence-electron chi connectivity index (χ0n) is 16.8. The van der Waals surface area contributed by atoms with Crippen LogP contribution in [0, 0.1) is 4.91 Å². The number of β-lactam (4-membered cyclic amide) rings is 1. The highest BCUT2D eigenvalue weighted by Gasteiger charge is 2.54. The summed E-state index contributed by atoms with van der Waals surface area (Å²) in [7, 11) is 0. The molecule has 18 heteroatoms. The maximum absolute atomic E-state index is 12.8. The minimum atomic E-state index is -1.58. The summed E-state index contributed by atoms with van der Waals surface area (Å²) in [5, 5.41) is 23.5. The van der Waals surface area contributed by atoms with Crippen molar-refractivity contribution in [1.29, 1.82) is 0 Å². The van der Waals surface area contributed by atoms with Crippen LogP contribution in [0.5, 0.6) is 0 Å². The van der Waals surface area contributed by atoms with Gasteiger partial charge in [0, 0.05) is 4.91 Å². The number of aromatic nitrogens is 3. The normalized spacial score (nSPS) is 20.5. The third kappa shape index (κ3) is 4.70. The van der Waals surface area contributed by atoms with Crippen molar-refractivity contribution in [3.63, 3.8) is 0 Å². The number of rotatable bonds is 9. The summed E-state index contributed by atoms with van der Waals surface area (Å²) in [6, 6.07) is -3.14. The number of hydrogen-bond donors (Lipinski definition) is 4. The smallest absolute Gasteiger partial charge is 0.353 e. The zero-order chi connectivity index (χ0) is 24.6. The van der Waals surface area contributed by atoms with E-state index in [2.05, 4.69) is 25.7 Å². The van der Waals surface area contributed by atoms with Crippen molar-refractivity contribution in [3.05, 3.63) is 25.5 Å². The van der Waals surface area contributed by atoms with E-state index in [1.807, 2.05) is 0 Å². The Balaban J connectivity index is 1.44. The van der Waals surface area contributed by atoms with Crippen LogP contribution in [-0.4, -0.2) is 60.1 Å². The Kier molecular flexibility index (Phi) is 7.27. The van der Waals surface area contributed by atoms with Gasteiger partial charge in [0.25, 0.3) is 11.8 Å². The molecular weight excluding hydrogens is 548 g/mol. The Labute approximate surface area is 212 Å². The number of thioether (sulfide) groups is 2. The number of fused-ring (bicyclic) bond motifs is 1. The lowest BCUT2D eigenvalue weighted by Gasteiger charge is -2.50. The van der Waals surface area contributed by atoms with Gasteiger partial charge in [0.2, 0.25) is 11.2 Å². The van der Waals surface area contributed by atoms with Gasteiger partial charge in [-0.15, -0.1) is 26.9 Å². The van der Waals surface area contributed by atoms with Crippen LogP contribution in [0.4, 0.5) is 10.3 Å². The fourth-order valence-corrected chi connectivity index (χ4v) is 7.68. The molecule has 4 rings (SSSR count). The summed E-state index contributed by atoms with van der Waals surface area (Å²) in [4.78, 5) is 54.3. The first-order valence-corrected chi connectivity index (χ1v) is 13.4. The second-order valence-electron chi connectivity index (χ2n) is 6.91. The number of carbonyl (C=O) groups excluding carboxylic acids is 2. The molecule has 3 atom stereocenters. The van der Waals surface area contributed by atoms with E-state index in [1.165, 1.54) is 39.8 Å².